The third-order valence-electron chi connectivity index (χ3n) is 3.38. The van der Waals surface area contributed by atoms with Crippen LogP contribution >= 0.6 is 0 Å². The summed E-state index contributed by atoms with van der Waals surface area (Å²) in [5.74, 6) is 6.67. The summed E-state index contributed by atoms with van der Waals surface area (Å²) in [6, 6.07) is 5.43. The lowest BCUT2D eigenvalue weighted by Crippen LogP contribution is -2.26. The van der Waals surface area contributed by atoms with Gasteiger partial charge in [-0.3, -0.25) is 4.57 Å². The van der Waals surface area contributed by atoms with Gasteiger partial charge in [-0.25, -0.2) is 15.0 Å². The molecule has 0 fully saturated rings. The van der Waals surface area contributed by atoms with Crippen LogP contribution < -0.4 is 5.73 Å². The first-order valence-corrected chi connectivity index (χ1v) is 7.20. The molecule has 0 bridgehead atoms. The van der Waals surface area contributed by atoms with Gasteiger partial charge in [-0.05, 0) is 32.0 Å². The van der Waals surface area contributed by atoms with Crippen molar-refractivity contribution in [2.24, 2.45) is 0 Å². The monoisotopic (exact) mass is 324 g/mol. The number of nitrogen functional groups attached to an aromatic ring is 1. The van der Waals surface area contributed by atoms with Gasteiger partial charge in [0.2, 0.25) is 11.9 Å². The molecular weight excluding hydrogens is 308 g/mol. The third kappa shape index (κ3) is 3.03. The van der Waals surface area contributed by atoms with Crippen LogP contribution in [0.2, 0.25) is 0 Å². The van der Waals surface area contributed by atoms with Gasteiger partial charge >= 0.3 is 0 Å². The van der Waals surface area contributed by atoms with Gasteiger partial charge in [0.15, 0.2) is 0 Å². The first-order chi connectivity index (χ1) is 11.4. The van der Waals surface area contributed by atoms with Crippen LogP contribution in [0.25, 0.3) is 17.0 Å². The van der Waals surface area contributed by atoms with E-state index in [-0.39, 0.29) is 5.95 Å². The first-order valence-electron chi connectivity index (χ1n) is 7.20. The second kappa shape index (κ2) is 5.88. The Morgan fingerprint density at radius 3 is 2.79 bits per heavy atom. The fraction of sp³-hybridized carbons (Fsp3) is 0.250. The Balaban J connectivity index is 2.14. The van der Waals surface area contributed by atoms with E-state index in [0.29, 0.717) is 17.3 Å². The number of hydrogen-bond donors (Lipinski definition) is 3. The number of fused-ring (bicyclic) bond motifs is 1. The van der Waals surface area contributed by atoms with Crippen LogP contribution in [0, 0.1) is 18.8 Å². The van der Waals surface area contributed by atoms with Crippen LogP contribution in [0.15, 0.2) is 24.5 Å². The number of imidazole rings is 1. The molecule has 8 nitrogen and oxygen atoms in total. The van der Waals surface area contributed by atoms with E-state index in [1.165, 1.54) is 13.3 Å². The zero-order valence-corrected chi connectivity index (χ0v) is 13.2. The van der Waals surface area contributed by atoms with Gasteiger partial charge in [-0.2, -0.15) is 4.98 Å². The summed E-state index contributed by atoms with van der Waals surface area (Å²) in [4.78, 5) is 16.5. The van der Waals surface area contributed by atoms with Crippen molar-refractivity contribution in [3.8, 4) is 17.8 Å². The van der Waals surface area contributed by atoms with Crippen LogP contribution in [0.3, 0.4) is 0 Å². The molecule has 4 N–H and O–H groups in total. The lowest BCUT2D eigenvalue weighted by Gasteiger charge is -2.10. The number of aliphatic hydroxyl groups is 2. The predicted octanol–water partition coefficient (Wildman–Crippen LogP) is 0.196. The summed E-state index contributed by atoms with van der Waals surface area (Å²) in [5, 5.41) is 18.8. The number of aryl methyl sites for hydroxylation is 1. The van der Waals surface area contributed by atoms with Gasteiger partial charge in [-0.1, -0.05) is 11.8 Å². The fourth-order valence-electron chi connectivity index (χ4n) is 2.18. The van der Waals surface area contributed by atoms with Gasteiger partial charge < -0.3 is 15.9 Å². The highest BCUT2D eigenvalue weighted by atomic mass is 16.3. The van der Waals surface area contributed by atoms with Gasteiger partial charge in [-0.15, -0.1) is 0 Å². The summed E-state index contributed by atoms with van der Waals surface area (Å²) in [6.07, 6.45) is 1.34. The molecule has 2 heterocycles. The number of anilines is 1. The molecule has 0 saturated carbocycles. The molecule has 3 aromatic rings. The summed E-state index contributed by atoms with van der Waals surface area (Å²) >= 11 is 0. The molecule has 2 aromatic heterocycles. The van der Waals surface area contributed by atoms with E-state index in [9.17, 15) is 5.11 Å². The highest BCUT2D eigenvalue weighted by Gasteiger charge is 2.15. The van der Waals surface area contributed by atoms with E-state index in [1.54, 1.807) is 10.6 Å². The standard InChI is InChI=1S/C16H16N6O2/c1-10-20-12-4-3-11(5-6-16(2,24)8-23)7-13(12)22(10)15-19-9-18-14(17)21-15/h3-4,7,9,23-24H,8H2,1-2H3,(H2,17,18,19,21). The summed E-state index contributed by atoms with van der Waals surface area (Å²) in [6.45, 7) is 2.84. The van der Waals surface area contributed by atoms with E-state index in [0.717, 1.165) is 11.0 Å². The average Bonchev–Trinajstić information content (AvgIpc) is 2.88. The number of nitrogens with two attached hydrogens (primary N) is 1. The Morgan fingerprint density at radius 2 is 2.08 bits per heavy atom. The van der Waals surface area contributed by atoms with E-state index in [2.05, 4.69) is 31.8 Å². The van der Waals surface area contributed by atoms with Crippen molar-refractivity contribution in [3.05, 3.63) is 35.9 Å². The van der Waals surface area contributed by atoms with Crippen LogP contribution in [0.1, 0.15) is 18.3 Å². The molecule has 3 rings (SSSR count). The third-order valence-corrected chi connectivity index (χ3v) is 3.38. The summed E-state index contributed by atoms with van der Waals surface area (Å²) in [7, 11) is 0. The molecule has 1 unspecified atom stereocenters. The van der Waals surface area contributed by atoms with Crippen molar-refractivity contribution in [1.82, 2.24) is 24.5 Å². The predicted molar refractivity (Wildman–Crippen MR) is 88.2 cm³/mol. The minimum absolute atomic E-state index is 0.121. The van der Waals surface area contributed by atoms with Crippen molar-refractivity contribution in [3.63, 3.8) is 0 Å². The minimum Gasteiger partial charge on any atom is -0.392 e. The minimum atomic E-state index is -1.45. The van der Waals surface area contributed by atoms with Gasteiger partial charge in [0.1, 0.15) is 17.8 Å². The Bertz CT molecular complexity index is 968. The maximum atomic E-state index is 9.78. The molecule has 0 aliphatic heterocycles. The second-order valence-corrected chi connectivity index (χ2v) is 5.52. The van der Waals surface area contributed by atoms with Crippen molar-refractivity contribution in [2.75, 3.05) is 12.3 Å². The van der Waals surface area contributed by atoms with Crippen molar-refractivity contribution < 1.29 is 10.2 Å². The maximum Gasteiger partial charge on any atom is 0.240 e. The molecule has 0 saturated heterocycles. The highest BCUT2D eigenvalue weighted by Crippen LogP contribution is 2.20. The number of nitrogens with zero attached hydrogens (tertiary/aromatic N) is 5. The zero-order chi connectivity index (χ0) is 17.3. The largest absolute Gasteiger partial charge is 0.392 e. The first kappa shape index (κ1) is 15.9. The molecule has 0 radical (unpaired) electrons. The van der Waals surface area contributed by atoms with Gasteiger partial charge in [0.25, 0.3) is 0 Å². The Morgan fingerprint density at radius 1 is 1.29 bits per heavy atom. The van der Waals surface area contributed by atoms with E-state index >= 15 is 0 Å². The Kier molecular flexibility index (Phi) is 3.89. The molecule has 8 heteroatoms. The molecule has 0 aliphatic rings. The Labute approximate surface area is 138 Å². The Hall–Kier alpha value is -3.02. The quantitative estimate of drug-likeness (QED) is 0.575. The van der Waals surface area contributed by atoms with Crippen LogP contribution in [0.5, 0.6) is 0 Å². The maximum absolute atomic E-state index is 9.78. The van der Waals surface area contributed by atoms with Gasteiger partial charge in [0, 0.05) is 5.56 Å². The van der Waals surface area contributed by atoms with E-state index in [4.69, 9.17) is 10.8 Å². The number of aliphatic hydroxyl groups excluding tert-OH is 1. The topological polar surface area (TPSA) is 123 Å². The molecular formula is C16H16N6O2. The SMILES string of the molecule is Cc1nc2ccc(C#CC(C)(O)CO)cc2n1-c1ncnc(N)n1. The number of benzene rings is 1. The smallest absolute Gasteiger partial charge is 0.240 e. The fourth-order valence-corrected chi connectivity index (χ4v) is 2.18. The number of aromatic nitrogens is 5. The van der Waals surface area contributed by atoms with Crippen molar-refractivity contribution in [1.29, 1.82) is 0 Å². The van der Waals surface area contributed by atoms with Crippen LogP contribution in [-0.2, 0) is 0 Å². The second-order valence-electron chi connectivity index (χ2n) is 5.52. The average molecular weight is 324 g/mol. The van der Waals surface area contributed by atoms with Crippen molar-refractivity contribution in [2.45, 2.75) is 19.4 Å². The lowest BCUT2D eigenvalue weighted by molar-refractivity contribution is 0.0519. The molecule has 0 amide bonds. The van der Waals surface area contributed by atoms with Crippen LogP contribution in [-0.4, -0.2) is 46.9 Å². The number of rotatable bonds is 2. The summed E-state index contributed by atoms with van der Waals surface area (Å²) in [5.41, 5.74) is 6.36. The number of hydrogen-bond acceptors (Lipinski definition) is 7. The zero-order valence-electron chi connectivity index (χ0n) is 13.2. The van der Waals surface area contributed by atoms with E-state index in [1.807, 2.05) is 19.1 Å². The molecule has 1 aromatic carbocycles. The molecule has 0 spiro atoms. The van der Waals surface area contributed by atoms with E-state index < -0.39 is 12.2 Å². The highest BCUT2D eigenvalue weighted by molar-refractivity contribution is 5.79. The normalized spacial score (nSPS) is 13.3. The molecule has 0 aliphatic carbocycles. The molecule has 24 heavy (non-hydrogen) atoms. The van der Waals surface area contributed by atoms with Crippen molar-refractivity contribution >= 4 is 17.0 Å². The lowest BCUT2D eigenvalue weighted by atomic mass is 10.1. The summed E-state index contributed by atoms with van der Waals surface area (Å²) < 4.78 is 1.75. The van der Waals surface area contributed by atoms with Gasteiger partial charge in [0.05, 0.1) is 17.6 Å². The van der Waals surface area contributed by atoms with Crippen LogP contribution in [0.4, 0.5) is 5.95 Å². The molecule has 1 atom stereocenters. The molecule has 122 valence electrons.